The van der Waals surface area contributed by atoms with Crippen LogP contribution in [0.2, 0.25) is 18.1 Å². The number of sulfone groups is 1. The number of hydrogen-bond donors (Lipinski definition) is 1. The molecule has 6 heteroatoms. The molecule has 0 spiro atoms. The zero-order valence-corrected chi connectivity index (χ0v) is 14.6. The lowest BCUT2D eigenvalue weighted by Crippen LogP contribution is -2.41. The molecule has 0 amide bonds. The van der Waals surface area contributed by atoms with Crippen LogP contribution in [0.3, 0.4) is 0 Å². The topological polar surface area (TPSA) is 63.6 Å². The predicted octanol–water partition coefficient (Wildman–Crippen LogP) is 2.34. The highest BCUT2D eigenvalue weighted by Gasteiger charge is 2.53. The molecule has 0 aliphatic heterocycles. The van der Waals surface area contributed by atoms with Gasteiger partial charge in [-0.15, -0.1) is 0 Å². The minimum atomic E-state index is -3.17. The van der Waals surface area contributed by atoms with Gasteiger partial charge < -0.3 is 9.53 Å². The standard InChI is InChI=1S/C13H28O4SSi/c1-12(2,3)19(4,5)17-9-6-10-18(15,16)13(11-14)7-8-13/h14H,6-11H2,1-5H3. The van der Waals surface area contributed by atoms with E-state index in [1.54, 1.807) is 0 Å². The largest absolute Gasteiger partial charge is 0.417 e. The zero-order chi connectivity index (χ0) is 14.9. The monoisotopic (exact) mass is 308 g/mol. The molecule has 0 aromatic carbocycles. The Morgan fingerprint density at radius 1 is 1.26 bits per heavy atom. The minimum Gasteiger partial charge on any atom is -0.417 e. The number of rotatable bonds is 7. The van der Waals surface area contributed by atoms with Gasteiger partial charge >= 0.3 is 0 Å². The van der Waals surface area contributed by atoms with Crippen molar-refractivity contribution in [2.75, 3.05) is 19.0 Å². The lowest BCUT2D eigenvalue weighted by molar-refractivity contribution is 0.279. The fourth-order valence-electron chi connectivity index (χ4n) is 1.72. The Hall–Kier alpha value is 0.0869. The van der Waals surface area contributed by atoms with Gasteiger partial charge in [-0.2, -0.15) is 0 Å². The summed E-state index contributed by atoms with van der Waals surface area (Å²) in [6.07, 6.45) is 1.74. The maximum absolute atomic E-state index is 12.1. The molecule has 1 aliphatic rings. The second kappa shape index (κ2) is 5.46. The van der Waals surface area contributed by atoms with Crippen LogP contribution in [-0.2, 0) is 14.3 Å². The van der Waals surface area contributed by atoms with E-state index in [9.17, 15) is 13.5 Å². The summed E-state index contributed by atoms with van der Waals surface area (Å²) in [4.78, 5) is 0. The van der Waals surface area contributed by atoms with E-state index < -0.39 is 22.9 Å². The maximum atomic E-state index is 12.1. The molecule has 1 N–H and O–H groups in total. The SMILES string of the molecule is CC(C)(C)[Si](C)(C)OCCCS(=O)(=O)C1(CO)CC1. The summed E-state index contributed by atoms with van der Waals surface area (Å²) in [5.74, 6) is 0.127. The van der Waals surface area contributed by atoms with Crippen molar-refractivity contribution in [1.29, 1.82) is 0 Å². The lowest BCUT2D eigenvalue weighted by Gasteiger charge is -2.36. The van der Waals surface area contributed by atoms with E-state index >= 15 is 0 Å². The molecule has 0 heterocycles. The molecule has 0 saturated heterocycles. The number of hydrogen-bond acceptors (Lipinski definition) is 4. The van der Waals surface area contributed by atoms with Crippen LogP contribution in [0.15, 0.2) is 0 Å². The predicted molar refractivity (Wildman–Crippen MR) is 80.6 cm³/mol. The molecule has 0 bridgehead atoms. The van der Waals surface area contributed by atoms with Crippen molar-refractivity contribution >= 4 is 18.2 Å². The minimum absolute atomic E-state index is 0.127. The summed E-state index contributed by atoms with van der Waals surface area (Å²) >= 11 is 0. The molecule has 0 atom stereocenters. The number of aliphatic hydroxyl groups is 1. The smallest absolute Gasteiger partial charge is 0.191 e. The average Bonchev–Trinajstić information content (AvgIpc) is 3.04. The van der Waals surface area contributed by atoms with Crippen LogP contribution in [0.25, 0.3) is 0 Å². The summed E-state index contributed by atoms with van der Waals surface area (Å²) in [5.41, 5.74) is 0. The van der Waals surface area contributed by atoms with Crippen LogP contribution < -0.4 is 0 Å². The van der Waals surface area contributed by atoms with Crippen molar-refractivity contribution in [1.82, 2.24) is 0 Å². The van der Waals surface area contributed by atoms with Crippen LogP contribution in [0, 0.1) is 0 Å². The van der Waals surface area contributed by atoms with Crippen LogP contribution >= 0.6 is 0 Å². The van der Waals surface area contributed by atoms with E-state index in [-0.39, 0.29) is 17.4 Å². The van der Waals surface area contributed by atoms with E-state index in [0.29, 0.717) is 25.9 Å². The lowest BCUT2D eigenvalue weighted by atomic mass is 10.2. The van der Waals surface area contributed by atoms with Crippen molar-refractivity contribution in [3.05, 3.63) is 0 Å². The third-order valence-corrected chi connectivity index (χ3v) is 11.8. The summed E-state index contributed by atoms with van der Waals surface area (Å²) in [6, 6.07) is 0. The highest BCUT2D eigenvalue weighted by molar-refractivity contribution is 7.93. The fraction of sp³-hybridized carbons (Fsp3) is 1.00. The van der Waals surface area contributed by atoms with E-state index in [4.69, 9.17) is 4.43 Å². The van der Waals surface area contributed by atoms with E-state index in [0.717, 1.165) is 0 Å². The molecule has 0 unspecified atom stereocenters. The van der Waals surface area contributed by atoms with Gasteiger partial charge in [-0.25, -0.2) is 8.42 Å². The van der Waals surface area contributed by atoms with Crippen molar-refractivity contribution < 1.29 is 18.0 Å². The van der Waals surface area contributed by atoms with Gasteiger partial charge in [0.15, 0.2) is 18.2 Å². The first kappa shape index (κ1) is 17.1. The molecule has 4 nitrogen and oxygen atoms in total. The maximum Gasteiger partial charge on any atom is 0.191 e. The van der Waals surface area contributed by atoms with E-state index in [1.807, 2.05) is 0 Å². The first-order valence-corrected chi connectivity index (χ1v) is 11.5. The highest BCUT2D eigenvalue weighted by Crippen LogP contribution is 2.43. The molecular weight excluding hydrogens is 280 g/mol. The van der Waals surface area contributed by atoms with Crippen molar-refractivity contribution in [3.8, 4) is 0 Å². The van der Waals surface area contributed by atoms with Crippen LogP contribution in [0.4, 0.5) is 0 Å². The quantitative estimate of drug-likeness (QED) is 0.579. The summed E-state index contributed by atoms with van der Waals surface area (Å²) < 4.78 is 29.3. The zero-order valence-electron chi connectivity index (χ0n) is 12.8. The van der Waals surface area contributed by atoms with E-state index in [2.05, 4.69) is 33.9 Å². The van der Waals surface area contributed by atoms with Crippen molar-refractivity contribution in [2.24, 2.45) is 0 Å². The Morgan fingerprint density at radius 2 is 1.79 bits per heavy atom. The third kappa shape index (κ3) is 3.80. The second-order valence-corrected chi connectivity index (χ2v) is 14.4. The van der Waals surface area contributed by atoms with Gasteiger partial charge in [0.2, 0.25) is 0 Å². The summed E-state index contributed by atoms with van der Waals surface area (Å²) in [7, 11) is -4.95. The Balaban J connectivity index is 2.40. The summed E-state index contributed by atoms with van der Waals surface area (Å²) in [6.45, 7) is 11.1. The molecule has 1 saturated carbocycles. The van der Waals surface area contributed by atoms with Gasteiger partial charge in [0.25, 0.3) is 0 Å². The highest BCUT2D eigenvalue weighted by atomic mass is 32.2. The molecule has 1 fully saturated rings. The Bertz CT molecular complexity index is 405. The Kier molecular flexibility index (Phi) is 4.93. The molecule has 1 aliphatic carbocycles. The average molecular weight is 309 g/mol. The van der Waals surface area contributed by atoms with Gasteiger partial charge in [-0.1, -0.05) is 20.8 Å². The molecule has 0 radical (unpaired) electrons. The molecule has 1 rings (SSSR count). The molecule has 114 valence electrons. The second-order valence-electron chi connectivity index (χ2n) is 7.12. The van der Waals surface area contributed by atoms with Crippen molar-refractivity contribution in [2.45, 2.75) is 62.9 Å². The first-order chi connectivity index (χ1) is 8.47. The van der Waals surface area contributed by atoms with Gasteiger partial charge in [-0.3, -0.25) is 0 Å². The molecule has 0 aromatic heterocycles. The third-order valence-electron chi connectivity index (χ3n) is 4.58. The summed E-state index contributed by atoms with van der Waals surface area (Å²) in [5, 5.41) is 9.33. The van der Waals surface area contributed by atoms with Gasteiger partial charge in [-0.05, 0) is 37.4 Å². The molecule has 19 heavy (non-hydrogen) atoms. The van der Waals surface area contributed by atoms with Gasteiger partial charge in [0.1, 0.15) is 0 Å². The van der Waals surface area contributed by atoms with Crippen LogP contribution in [0.5, 0.6) is 0 Å². The van der Waals surface area contributed by atoms with Gasteiger partial charge in [0, 0.05) is 6.61 Å². The van der Waals surface area contributed by atoms with Gasteiger partial charge in [0.05, 0.1) is 17.1 Å². The van der Waals surface area contributed by atoms with Crippen LogP contribution in [0.1, 0.15) is 40.0 Å². The Morgan fingerprint density at radius 3 is 2.16 bits per heavy atom. The molecular formula is C13H28O4SSi. The Labute approximate surface area is 118 Å². The molecule has 0 aromatic rings. The van der Waals surface area contributed by atoms with Crippen LogP contribution in [-0.4, -0.2) is 45.6 Å². The van der Waals surface area contributed by atoms with Crippen molar-refractivity contribution in [3.63, 3.8) is 0 Å². The first-order valence-electron chi connectivity index (χ1n) is 6.95. The number of aliphatic hydroxyl groups excluding tert-OH is 1. The normalized spacial score (nSPS) is 19.5. The fourth-order valence-corrected chi connectivity index (χ4v) is 4.66. The van der Waals surface area contributed by atoms with E-state index in [1.165, 1.54) is 0 Å².